The summed E-state index contributed by atoms with van der Waals surface area (Å²) in [4.78, 5) is 33.6. The van der Waals surface area contributed by atoms with Crippen LogP contribution in [-0.4, -0.2) is 34.7 Å². The zero-order valence-corrected chi connectivity index (χ0v) is 15.8. The maximum atomic E-state index is 11.3. The van der Waals surface area contributed by atoms with Gasteiger partial charge in [0.1, 0.15) is 11.7 Å². The van der Waals surface area contributed by atoms with Gasteiger partial charge in [-0.05, 0) is 51.9 Å². The van der Waals surface area contributed by atoms with Gasteiger partial charge in [-0.3, -0.25) is 14.4 Å². The number of hydrogen-bond acceptors (Lipinski definition) is 5. The fraction of sp³-hybridized carbons (Fsp3) is 0.833. The van der Waals surface area contributed by atoms with Crippen LogP contribution in [-0.2, 0) is 23.9 Å². The van der Waals surface area contributed by atoms with Gasteiger partial charge >= 0.3 is 17.9 Å². The SMILES string of the molecule is CCC(CCC(C)CCC(OC(C)=O)C(C)(C)OC(C)=O)C(=O)O. The lowest BCUT2D eigenvalue weighted by molar-refractivity contribution is -0.179. The second-order valence-corrected chi connectivity index (χ2v) is 7.00. The average Bonchev–Trinajstić information content (AvgIpc) is 2.41. The number of aliphatic carboxylic acids is 1. The van der Waals surface area contributed by atoms with Gasteiger partial charge in [-0.2, -0.15) is 0 Å². The second-order valence-electron chi connectivity index (χ2n) is 7.00. The summed E-state index contributed by atoms with van der Waals surface area (Å²) in [5.74, 6) is -1.60. The summed E-state index contributed by atoms with van der Waals surface area (Å²) in [5.41, 5.74) is -0.899. The van der Waals surface area contributed by atoms with Crippen molar-refractivity contribution in [2.24, 2.45) is 11.8 Å². The molecule has 0 radical (unpaired) electrons. The number of carbonyl (C=O) groups excluding carboxylic acids is 2. The smallest absolute Gasteiger partial charge is 0.306 e. The minimum absolute atomic E-state index is 0.296. The lowest BCUT2D eigenvalue weighted by Crippen LogP contribution is -2.43. The van der Waals surface area contributed by atoms with E-state index in [2.05, 4.69) is 6.92 Å². The molecule has 24 heavy (non-hydrogen) atoms. The molecule has 0 aromatic heterocycles. The van der Waals surface area contributed by atoms with E-state index < -0.39 is 29.6 Å². The van der Waals surface area contributed by atoms with E-state index in [0.717, 1.165) is 12.8 Å². The van der Waals surface area contributed by atoms with Crippen LogP contribution in [0.3, 0.4) is 0 Å². The molecule has 0 aromatic carbocycles. The maximum Gasteiger partial charge on any atom is 0.306 e. The normalized spacial score (nSPS) is 15.2. The van der Waals surface area contributed by atoms with Crippen molar-refractivity contribution in [3.8, 4) is 0 Å². The zero-order valence-electron chi connectivity index (χ0n) is 15.8. The van der Waals surface area contributed by atoms with Crippen LogP contribution in [0, 0.1) is 11.8 Å². The molecule has 0 saturated carbocycles. The highest BCUT2D eigenvalue weighted by atomic mass is 16.6. The van der Waals surface area contributed by atoms with E-state index in [1.807, 2.05) is 6.92 Å². The van der Waals surface area contributed by atoms with Crippen molar-refractivity contribution in [1.82, 2.24) is 0 Å². The van der Waals surface area contributed by atoms with Gasteiger partial charge in [0.2, 0.25) is 0 Å². The predicted octanol–water partition coefficient (Wildman–Crippen LogP) is 3.57. The largest absolute Gasteiger partial charge is 0.481 e. The number of carbonyl (C=O) groups is 3. The third-order valence-electron chi connectivity index (χ3n) is 4.26. The van der Waals surface area contributed by atoms with Crippen LogP contribution >= 0.6 is 0 Å². The molecule has 0 fully saturated rings. The van der Waals surface area contributed by atoms with E-state index in [4.69, 9.17) is 14.6 Å². The van der Waals surface area contributed by atoms with Crippen molar-refractivity contribution in [3.63, 3.8) is 0 Å². The van der Waals surface area contributed by atoms with E-state index in [0.29, 0.717) is 25.2 Å². The molecule has 1 N–H and O–H groups in total. The van der Waals surface area contributed by atoms with Gasteiger partial charge in [-0.25, -0.2) is 0 Å². The van der Waals surface area contributed by atoms with E-state index in [9.17, 15) is 14.4 Å². The van der Waals surface area contributed by atoms with Crippen molar-refractivity contribution in [2.45, 2.75) is 85.4 Å². The highest BCUT2D eigenvalue weighted by Crippen LogP contribution is 2.26. The average molecular weight is 344 g/mol. The molecule has 0 rings (SSSR count). The molecular formula is C18H32O6. The van der Waals surface area contributed by atoms with Crippen LogP contribution in [0.5, 0.6) is 0 Å². The van der Waals surface area contributed by atoms with Crippen LogP contribution in [0.1, 0.15) is 73.6 Å². The Kier molecular flexibility index (Phi) is 9.63. The van der Waals surface area contributed by atoms with Crippen LogP contribution in [0.2, 0.25) is 0 Å². The lowest BCUT2D eigenvalue weighted by Gasteiger charge is -2.33. The summed E-state index contributed by atoms with van der Waals surface area (Å²) in [6, 6.07) is 0. The van der Waals surface area contributed by atoms with Crippen molar-refractivity contribution in [2.75, 3.05) is 0 Å². The fourth-order valence-electron chi connectivity index (χ4n) is 2.75. The first-order valence-electron chi connectivity index (χ1n) is 8.59. The molecule has 3 unspecified atom stereocenters. The quantitative estimate of drug-likeness (QED) is 0.576. The van der Waals surface area contributed by atoms with Crippen molar-refractivity contribution < 1.29 is 29.0 Å². The minimum atomic E-state index is -0.899. The third-order valence-corrected chi connectivity index (χ3v) is 4.26. The molecule has 0 amide bonds. The van der Waals surface area contributed by atoms with Crippen LogP contribution in [0.25, 0.3) is 0 Å². The molecule has 0 aliphatic rings. The number of ether oxygens (including phenoxy) is 2. The standard InChI is InChI=1S/C18H32O6/c1-7-15(17(21)22)10-8-12(2)9-11-16(23-13(3)19)18(5,6)24-14(4)20/h12,15-16H,7-11H2,1-6H3,(H,21,22). The van der Waals surface area contributed by atoms with Gasteiger partial charge in [0, 0.05) is 13.8 Å². The van der Waals surface area contributed by atoms with Gasteiger partial charge in [0.25, 0.3) is 0 Å². The van der Waals surface area contributed by atoms with Crippen LogP contribution in [0.4, 0.5) is 0 Å². The van der Waals surface area contributed by atoms with Crippen molar-refractivity contribution in [3.05, 3.63) is 0 Å². The molecule has 0 aliphatic carbocycles. The van der Waals surface area contributed by atoms with Gasteiger partial charge in [-0.15, -0.1) is 0 Å². The van der Waals surface area contributed by atoms with Gasteiger partial charge in [0.05, 0.1) is 5.92 Å². The lowest BCUT2D eigenvalue weighted by atomic mass is 9.89. The first kappa shape index (κ1) is 22.4. The van der Waals surface area contributed by atoms with Crippen molar-refractivity contribution in [1.29, 1.82) is 0 Å². The number of carboxylic acid groups (broad SMARTS) is 1. The predicted molar refractivity (Wildman–Crippen MR) is 90.4 cm³/mol. The Morgan fingerprint density at radius 2 is 1.54 bits per heavy atom. The van der Waals surface area contributed by atoms with E-state index in [1.54, 1.807) is 13.8 Å². The van der Waals surface area contributed by atoms with E-state index in [-0.39, 0.29) is 5.92 Å². The van der Waals surface area contributed by atoms with E-state index in [1.165, 1.54) is 13.8 Å². The number of carboxylic acids is 1. The molecular weight excluding hydrogens is 312 g/mol. The Labute approximate surface area is 144 Å². The molecule has 0 heterocycles. The Balaban J connectivity index is 4.62. The van der Waals surface area contributed by atoms with Gasteiger partial charge < -0.3 is 14.6 Å². The van der Waals surface area contributed by atoms with Gasteiger partial charge in [-0.1, -0.05) is 13.8 Å². The molecule has 0 aliphatic heterocycles. The first-order chi connectivity index (χ1) is 11.0. The number of rotatable bonds is 11. The molecule has 140 valence electrons. The van der Waals surface area contributed by atoms with E-state index >= 15 is 0 Å². The molecule has 0 aromatic rings. The molecule has 6 nitrogen and oxygen atoms in total. The summed E-state index contributed by atoms with van der Waals surface area (Å²) < 4.78 is 10.6. The molecule has 3 atom stereocenters. The summed E-state index contributed by atoms with van der Waals surface area (Å²) in [5, 5.41) is 9.09. The Morgan fingerprint density at radius 1 is 1.00 bits per heavy atom. The van der Waals surface area contributed by atoms with Crippen molar-refractivity contribution >= 4 is 17.9 Å². The van der Waals surface area contributed by atoms with Gasteiger partial charge in [0.15, 0.2) is 0 Å². The zero-order chi connectivity index (χ0) is 18.9. The van der Waals surface area contributed by atoms with Crippen LogP contribution in [0.15, 0.2) is 0 Å². The first-order valence-corrected chi connectivity index (χ1v) is 8.59. The second kappa shape index (κ2) is 10.3. The highest BCUT2D eigenvalue weighted by Gasteiger charge is 2.35. The number of hydrogen-bond donors (Lipinski definition) is 1. The molecule has 0 bridgehead atoms. The molecule has 6 heteroatoms. The monoisotopic (exact) mass is 344 g/mol. The Hall–Kier alpha value is -1.59. The minimum Gasteiger partial charge on any atom is -0.481 e. The van der Waals surface area contributed by atoms with Crippen LogP contribution < -0.4 is 0 Å². The summed E-state index contributed by atoms with van der Waals surface area (Å²) in [6.07, 6.45) is 2.86. The summed E-state index contributed by atoms with van der Waals surface area (Å²) >= 11 is 0. The Bertz CT molecular complexity index is 429. The third kappa shape index (κ3) is 8.89. The Morgan fingerprint density at radius 3 is 1.96 bits per heavy atom. The number of esters is 2. The molecule has 0 saturated heterocycles. The fourth-order valence-corrected chi connectivity index (χ4v) is 2.75. The summed E-state index contributed by atoms with van der Waals surface area (Å²) in [7, 11) is 0. The summed E-state index contributed by atoms with van der Waals surface area (Å²) in [6.45, 7) is 10.0. The molecule has 0 spiro atoms. The highest BCUT2D eigenvalue weighted by molar-refractivity contribution is 5.69. The topological polar surface area (TPSA) is 89.9 Å². The maximum absolute atomic E-state index is 11.3.